The fourth-order valence-corrected chi connectivity index (χ4v) is 6.08. The monoisotopic (exact) mass is 326 g/mol. The Balaban J connectivity index is 1.68. The van der Waals surface area contributed by atoms with Crippen LogP contribution >= 0.6 is 0 Å². The first kappa shape index (κ1) is 13.4. The van der Waals surface area contributed by atoms with E-state index >= 15 is 0 Å². The lowest BCUT2D eigenvalue weighted by Gasteiger charge is -2.62. The molecule has 1 aromatic carbocycles. The number of carbonyl (C=O) groups is 1. The molecule has 1 aromatic heterocycles. The van der Waals surface area contributed by atoms with Crippen molar-refractivity contribution >= 4 is 16.9 Å². The third-order valence-electron chi connectivity index (χ3n) is 7.23. The number of rotatable bonds is 0. The summed E-state index contributed by atoms with van der Waals surface area (Å²) in [6.45, 7) is 2.25. The zero-order valence-electron chi connectivity index (χ0n) is 13.4. The van der Waals surface area contributed by atoms with E-state index in [-0.39, 0.29) is 23.4 Å². The second-order valence-electron chi connectivity index (χ2n) is 7.99. The van der Waals surface area contributed by atoms with E-state index in [0.717, 1.165) is 23.0 Å². The number of benzene rings is 1. The van der Waals surface area contributed by atoms with Gasteiger partial charge in [-0.3, -0.25) is 4.79 Å². The minimum atomic E-state index is -1.41. The molecule has 5 nitrogen and oxygen atoms in total. The van der Waals surface area contributed by atoms with Gasteiger partial charge in [-0.25, -0.2) is 0 Å². The molecule has 1 saturated carbocycles. The number of aliphatic hydroxyl groups is 1. The van der Waals surface area contributed by atoms with Crippen LogP contribution in [-0.2, 0) is 26.1 Å². The molecule has 3 aliphatic heterocycles. The lowest BCUT2D eigenvalue weighted by atomic mass is 9.46. The van der Waals surface area contributed by atoms with Crippen LogP contribution in [0.4, 0.5) is 0 Å². The average Bonchev–Trinajstić information content (AvgIpc) is 3.15. The van der Waals surface area contributed by atoms with Gasteiger partial charge < -0.3 is 19.0 Å². The van der Waals surface area contributed by atoms with E-state index in [2.05, 4.69) is 12.1 Å². The summed E-state index contributed by atoms with van der Waals surface area (Å²) in [6, 6.07) is 6.20. The van der Waals surface area contributed by atoms with Crippen LogP contribution in [0.5, 0.6) is 0 Å². The highest BCUT2D eigenvalue weighted by atomic mass is 16.6. The Labute approximate surface area is 138 Å². The summed E-state index contributed by atoms with van der Waals surface area (Å²) in [5, 5.41) is 12.1. The minimum absolute atomic E-state index is 0.0510. The summed E-state index contributed by atoms with van der Waals surface area (Å²) in [6.07, 6.45) is 3.38. The van der Waals surface area contributed by atoms with Crippen LogP contribution in [0, 0.1) is 11.3 Å². The summed E-state index contributed by atoms with van der Waals surface area (Å²) < 4.78 is 17.4. The molecule has 7 rings (SSSR count). The molecule has 4 heterocycles. The second kappa shape index (κ2) is 3.70. The normalized spacial score (nSPS) is 45.2. The molecule has 1 N–H and O–H groups in total. The van der Waals surface area contributed by atoms with Crippen LogP contribution in [0.25, 0.3) is 11.0 Å². The number of fused-ring (bicyclic) bond motifs is 5. The first-order chi connectivity index (χ1) is 11.5. The molecule has 24 heavy (non-hydrogen) atoms. The molecule has 1 unspecified atom stereocenters. The maximum atomic E-state index is 12.7. The summed E-state index contributed by atoms with van der Waals surface area (Å²) >= 11 is 0. The molecular formula is C19H18O5. The maximum absolute atomic E-state index is 12.7. The van der Waals surface area contributed by atoms with E-state index in [9.17, 15) is 9.90 Å². The van der Waals surface area contributed by atoms with Crippen LogP contribution < -0.4 is 0 Å². The van der Waals surface area contributed by atoms with Gasteiger partial charge in [0.05, 0.1) is 12.9 Å². The van der Waals surface area contributed by atoms with Gasteiger partial charge in [-0.05, 0) is 25.0 Å². The maximum Gasteiger partial charge on any atom is 0.318 e. The standard InChI is InChI=1S/C19H18O5/c1-17-15-13(24-16(17)20)8-11-12(3-2-10-4-7-22-14(10)11)18(15)5-6-19(17,21)23-9-18/h2-4,7,13,15,21H,5-6,8-9H2,1H3/t13-,15+,17+,18-,19?/m1/s1. The van der Waals surface area contributed by atoms with Gasteiger partial charge in [-0.15, -0.1) is 0 Å². The van der Waals surface area contributed by atoms with Gasteiger partial charge in [-0.1, -0.05) is 12.1 Å². The first-order valence-corrected chi connectivity index (χ1v) is 8.57. The fourth-order valence-electron chi connectivity index (χ4n) is 6.08. The van der Waals surface area contributed by atoms with E-state index < -0.39 is 11.2 Å². The Bertz CT molecular complexity index is 904. The van der Waals surface area contributed by atoms with Gasteiger partial charge in [0.25, 0.3) is 0 Å². The van der Waals surface area contributed by atoms with E-state index in [0.29, 0.717) is 19.4 Å². The van der Waals surface area contributed by atoms with Gasteiger partial charge in [0.15, 0.2) is 5.79 Å². The number of carbonyl (C=O) groups excluding carboxylic acids is 1. The van der Waals surface area contributed by atoms with Crippen molar-refractivity contribution in [2.45, 2.75) is 43.5 Å². The smallest absolute Gasteiger partial charge is 0.318 e. The Morgan fingerprint density at radius 3 is 2.92 bits per heavy atom. The lowest BCUT2D eigenvalue weighted by Crippen LogP contribution is -2.71. The van der Waals surface area contributed by atoms with Crippen molar-refractivity contribution < 1.29 is 23.8 Å². The molecule has 4 fully saturated rings. The van der Waals surface area contributed by atoms with Gasteiger partial charge in [0.2, 0.25) is 0 Å². The van der Waals surface area contributed by atoms with E-state index in [1.54, 1.807) is 6.26 Å². The SMILES string of the molecule is C[C@]12C(=O)O[C@@H]3Cc4c(ccc5ccoc45)[C@]4(CCC1(O)OC4)[C@@H]32. The minimum Gasteiger partial charge on any atom is -0.464 e. The Hall–Kier alpha value is -1.85. The lowest BCUT2D eigenvalue weighted by molar-refractivity contribution is -0.344. The molecule has 124 valence electrons. The number of esters is 1. The molecule has 5 atom stereocenters. The Morgan fingerprint density at radius 1 is 1.25 bits per heavy atom. The van der Waals surface area contributed by atoms with Crippen molar-refractivity contribution in [1.29, 1.82) is 0 Å². The van der Waals surface area contributed by atoms with Crippen LogP contribution in [-0.4, -0.2) is 29.6 Å². The number of ether oxygens (including phenoxy) is 2. The summed E-state index contributed by atoms with van der Waals surface area (Å²) in [7, 11) is 0. The number of furan rings is 1. The van der Waals surface area contributed by atoms with Gasteiger partial charge >= 0.3 is 5.97 Å². The first-order valence-electron chi connectivity index (χ1n) is 8.57. The van der Waals surface area contributed by atoms with Crippen LogP contribution in [0.2, 0.25) is 0 Å². The predicted molar refractivity (Wildman–Crippen MR) is 83.2 cm³/mol. The predicted octanol–water partition coefficient (Wildman–Crippen LogP) is 2.29. The highest BCUT2D eigenvalue weighted by Crippen LogP contribution is 2.68. The highest BCUT2D eigenvalue weighted by Gasteiger charge is 2.78. The third-order valence-corrected chi connectivity index (χ3v) is 7.23. The molecule has 2 aliphatic carbocycles. The average molecular weight is 326 g/mol. The Kier molecular flexibility index (Phi) is 2.07. The highest BCUT2D eigenvalue weighted by molar-refractivity contribution is 5.86. The quantitative estimate of drug-likeness (QED) is 0.752. The van der Waals surface area contributed by atoms with Crippen molar-refractivity contribution in [3.05, 3.63) is 35.6 Å². The molecular weight excluding hydrogens is 308 g/mol. The molecule has 5 heteroatoms. The zero-order chi connectivity index (χ0) is 16.3. The van der Waals surface area contributed by atoms with Gasteiger partial charge in [0, 0.05) is 35.1 Å². The molecule has 0 radical (unpaired) electrons. The van der Waals surface area contributed by atoms with Crippen LogP contribution in [0.3, 0.4) is 0 Å². The summed E-state index contributed by atoms with van der Waals surface area (Å²) in [5.74, 6) is -1.78. The van der Waals surface area contributed by atoms with Crippen LogP contribution in [0.15, 0.2) is 28.9 Å². The van der Waals surface area contributed by atoms with Crippen molar-refractivity contribution in [3.8, 4) is 0 Å². The van der Waals surface area contributed by atoms with E-state index in [4.69, 9.17) is 13.9 Å². The van der Waals surface area contributed by atoms with E-state index in [1.807, 2.05) is 13.0 Å². The van der Waals surface area contributed by atoms with Crippen LogP contribution in [0.1, 0.15) is 30.9 Å². The molecule has 5 aliphatic rings. The largest absolute Gasteiger partial charge is 0.464 e. The number of hydrogen-bond donors (Lipinski definition) is 1. The number of hydrogen-bond acceptors (Lipinski definition) is 5. The van der Waals surface area contributed by atoms with Crippen molar-refractivity contribution in [3.63, 3.8) is 0 Å². The Morgan fingerprint density at radius 2 is 2.12 bits per heavy atom. The topological polar surface area (TPSA) is 68.9 Å². The second-order valence-corrected chi connectivity index (χ2v) is 7.99. The fraction of sp³-hybridized carbons (Fsp3) is 0.526. The molecule has 0 amide bonds. The molecule has 1 spiro atoms. The molecule has 2 bridgehead atoms. The molecule has 3 saturated heterocycles. The summed E-state index contributed by atoms with van der Waals surface area (Å²) in [4.78, 5) is 12.7. The molecule has 2 aromatic rings. The van der Waals surface area contributed by atoms with Crippen molar-refractivity contribution in [1.82, 2.24) is 0 Å². The zero-order valence-corrected chi connectivity index (χ0v) is 13.4. The third kappa shape index (κ3) is 1.15. The van der Waals surface area contributed by atoms with Gasteiger partial charge in [-0.2, -0.15) is 0 Å². The summed E-state index contributed by atoms with van der Waals surface area (Å²) in [5.41, 5.74) is 1.94. The van der Waals surface area contributed by atoms with Crippen molar-refractivity contribution in [2.75, 3.05) is 6.61 Å². The van der Waals surface area contributed by atoms with E-state index in [1.165, 1.54) is 5.56 Å². The van der Waals surface area contributed by atoms with Crippen molar-refractivity contribution in [2.24, 2.45) is 11.3 Å². The van der Waals surface area contributed by atoms with Gasteiger partial charge in [0.1, 0.15) is 17.1 Å².